The summed E-state index contributed by atoms with van der Waals surface area (Å²) in [5.41, 5.74) is 2.52. The molecule has 1 aromatic heterocycles. The molecule has 1 aromatic carbocycles. The third-order valence-electron chi connectivity index (χ3n) is 3.26. The van der Waals surface area contributed by atoms with Gasteiger partial charge < -0.3 is 9.88 Å². The van der Waals surface area contributed by atoms with E-state index in [0.29, 0.717) is 24.7 Å². The third kappa shape index (κ3) is 5.41. The third-order valence-corrected chi connectivity index (χ3v) is 3.72. The van der Waals surface area contributed by atoms with Gasteiger partial charge in [-0.3, -0.25) is 4.55 Å². The van der Waals surface area contributed by atoms with Crippen molar-refractivity contribution in [2.75, 3.05) is 24.6 Å². The van der Waals surface area contributed by atoms with Crippen molar-refractivity contribution < 1.29 is 17.2 Å². The first-order chi connectivity index (χ1) is 11.4. The van der Waals surface area contributed by atoms with Crippen LogP contribution in [0, 0.1) is 6.92 Å². The SMILES string of the molecule is CCN(CCOS(=O)(=O)O)c1ccc(N=Nc2ncc[nH]2)c(C)c1. The topological polar surface area (TPSA) is 120 Å². The highest BCUT2D eigenvalue weighted by molar-refractivity contribution is 7.80. The van der Waals surface area contributed by atoms with E-state index >= 15 is 0 Å². The van der Waals surface area contributed by atoms with Gasteiger partial charge in [-0.1, -0.05) is 0 Å². The molecule has 0 atom stereocenters. The number of azo groups is 1. The number of hydrogen-bond donors (Lipinski definition) is 2. The Balaban J connectivity index is 2.06. The Bertz CT molecular complexity index is 790. The fourth-order valence-electron chi connectivity index (χ4n) is 2.08. The number of hydrogen-bond acceptors (Lipinski definition) is 7. The minimum absolute atomic E-state index is 0.133. The molecular formula is C14H19N5O4S. The normalized spacial score (nSPS) is 12.0. The van der Waals surface area contributed by atoms with Crippen molar-refractivity contribution in [1.82, 2.24) is 9.97 Å². The molecule has 2 N–H and O–H groups in total. The summed E-state index contributed by atoms with van der Waals surface area (Å²) in [5.74, 6) is 0.427. The van der Waals surface area contributed by atoms with Crippen LogP contribution in [0.5, 0.6) is 0 Å². The molecule has 0 bridgehead atoms. The number of imidazole rings is 1. The van der Waals surface area contributed by atoms with Crippen LogP contribution in [0.15, 0.2) is 40.8 Å². The molecule has 0 aliphatic carbocycles. The number of benzene rings is 1. The average molecular weight is 353 g/mol. The van der Waals surface area contributed by atoms with E-state index in [2.05, 4.69) is 24.4 Å². The fourth-order valence-corrected chi connectivity index (χ4v) is 2.37. The Labute approximate surface area is 140 Å². The van der Waals surface area contributed by atoms with Crippen LogP contribution < -0.4 is 4.90 Å². The van der Waals surface area contributed by atoms with E-state index in [1.165, 1.54) is 0 Å². The molecule has 2 aromatic rings. The van der Waals surface area contributed by atoms with Crippen LogP contribution in [-0.4, -0.2) is 42.6 Å². The summed E-state index contributed by atoms with van der Waals surface area (Å²) in [4.78, 5) is 8.73. The van der Waals surface area contributed by atoms with Crippen molar-refractivity contribution >= 4 is 27.7 Å². The maximum atomic E-state index is 10.6. The Morgan fingerprint density at radius 1 is 1.38 bits per heavy atom. The van der Waals surface area contributed by atoms with Crippen LogP contribution in [0.4, 0.5) is 17.3 Å². The molecule has 24 heavy (non-hydrogen) atoms. The molecule has 0 saturated heterocycles. The number of nitrogens with one attached hydrogen (secondary N) is 1. The van der Waals surface area contributed by atoms with Crippen LogP contribution >= 0.6 is 0 Å². The van der Waals surface area contributed by atoms with E-state index in [4.69, 9.17) is 4.55 Å². The number of nitrogens with zero attached hydrogens (tertiary/aromatic N) is 4. The molecule has 1 heterocycles. The van der Waals surface area contributed by atoms with E-state index < -0.39 is 10.4 Å². The molecule has 10 heteroatoms. The standard InChI is InChI=1S/C14H19N5O4S/c1-3-19(8-9-23-24(20,21)22)12-4-5-13(11(2)10-12)17-18-14-15-6-7-16-14/h4-7,10H,3,8-9H2,1-2H3,(H,15,16)(H,20,21,22). The summed E-state index contributed by atoms with van der Waals surface area (Å²) in [5, 5.41) is 8.14. The Hall–Kier alpha value is -2.30. The lowest BCUT2D eigenvalue weighted by Crippen LogP contribution is -2.28. The second kappa shape index (κ2) is 7.99. The van der Waals surface area contributed by atoms with Gasteiger partial charge in [-0.2, -0.15) is 8.42 Å². The second-order valence-corrected chi connectivity index (χ2v) is 6.00. The highest BCUT2D eigenvalue weighted by Crippen LogP contribution is 2.26. The largest absolute Gasteiger partial charge is 0.397 e. The van der Waals surface area contributed by atoms with Gasteiger partial charge >= 0.3 is 10.4 Å². The highest BCUT2D eigenvalue weighted by atomic mass is 32.3. The molecule has 0 aliphatic rings. The zero-order valence-electron chi connectivity index (χ0n) is 13.4. The van der Waals surface area contributed by atoms with Crippen molar-refractivity contribution in [3.05, 3.63) is 36.2 Å². The van der Waals surface area contributed by atoms with Gasteiger partial charge in [0.15, 0.2) is 0 Å². The molecule has 0 unspecified atom stereocenters. The minimum atomic E-state index is -4.42. The van der Waals surface area contributed by atoms with E-state index in [1.807, 2.05) is 36.9 Å². The molecule has 0 amide bonds. The lowest BCUT2D eigenvalue weighted by molar-refractivity contribution is 0.274. The predicted molar refractivity (Wildman–Crippen MR) is 89.3 cm³/mol. The maximum Gasteiger partial charge on any atom is 0.397 e. The van der Waals surface area contributed by atoms with Crippen LogP contribution in [-0.2, 0) is 14.6 Å². The molecule has 0 spiro atoms. The highest BCUT2D eigenvalue weighted by Gasteiger charge is 2.09. The van der Waals surface area contributed by atoms with Gasteiger partial charge in [-0.05, 0) is 37.6 Å². The van der Waals surface area contributed by atoms with E-state index in [0.717, 1.165) is 11.3 Å². The van der Waals surface area contributed by atoms with E-state index in [9.17, 15) is 8.42 Å². The molecule has 0 radical (unpaired) electrons. The van der Waals surface area contributed by atoms with Gasteiger partial charge in [-0.25, -0.2) is 9.17 Å². The smallest absolute Gasteiger partial charge is 0.369 e. The summed E-state index contributed by atoms with van der Waals surface area (Å²) >= 11 is 0. The summed E-state index contributed by atoms with van der Waals surface area (Å²) < 4.78 is 34.1. The van der Waals surface area contributed by atoms with Crippen LogP contribution in [0.2, 0.25) is 0 Å². The Morgan fingerprint density at radius 2 is 2.17 bits per heavy atom. The van der Waals surface area contributed by atoms with Crippen LogP contribution in [0.1, 0.15) is 12.5 Å². The molecule has 2 rings (SSSR count). The molecule has 0 saturated carbocycles. The predicted octanol–water partition coefficient (Wildman–Crippen LogP) is 2.78. The molecule has 0 fully saturated rings. The van der Waals surface area contributed by atoms with Crippen molar-refractivity contribution in [1.29, 1.82) is 0 Å². The number of H-pyrrole nitrogens is 1. The van der Waals surface area contributed by atoms with Crippen LogP contribution in [0.25, 0.3) is 0 Å². The van der Waals surface area contributed by atoms with Gasteiger partial charge in [0.05, 0.1) is 12.3 Å². The number of aromatic amines is 1. The molecule has 130 valence electrons. The number of rotatable bonds is 8. The number of aromatic nitrogens is 2. The van der Waals surface area contributed by atoms with Crippen molar-refractivity contribution in [2.45, 2.75) is 13.8 Å². The first-order valence-electron chi connectivity index (χ1n) is 7.27. The second-order valence-electron chi connectivity index (χ2n) is 4.91. The zero-order chi connectivity index (χ0) is 17.6. The lowest BCUT2D eigenvalue weighted by Gasteiger charge is -2.23. The van der Waals surface area contributed by atoms with Crippen molar-refractivity contribution in [3.63, 3.8) is 0 Å². The fraction of sp³-hybridized carbons (Fsp3) is 0.357. The zero-order valence-corrected chi connectivity index (χ0v) is 14.2. The van der Waals surface area contributed by atoms with Crippen LogP contribution in [0.3, 0.4) is 0 Å². The number of aryl methyl sites for hydroxylation is 1. The molecular weight excluding hydrogens is 334 g/mol. The van der Waals surface area contributed by atoms with Gasteiger partial charge in [0.1, 0.15) is 0 Å². The maximum absolute atomic E-state index is 10.6. The molecule has 0 aliphatic heterocycles. The summed E-state index contributed by atoms with van der Waals surface area (Å²) in [6.07, 6.45) is 3.26. The number of anilines is 1. The van der Waals surface area contributed by atoms with Crippen molar-refractivity contribution in [3.8, 4) is 0 Å². The Morgan fingerprint density at radius 3 is 2.75 bits per heavy atom. The average Bonchev–Trinajstić information content (AvgIpc) is 3.03. The lowest BCUT2D eigenvalue weighted by atomic mass is 10.1. The summed E-state index contributed by atoms with van der Waals surface area (Å²) in [7, 11) is -4.42. The van der Waals surface area contributed by atoms with Gasteiger partial charge in [0.2, 0.25) is 5.95 Å². The first-order valence-corrected chi connectivity index (χ1v) is 8.64. The van der Waals surface area contributed by atoms with Gasteiger partial charge in [0.25, 0.3) is 0 Å². The van der Waals surface area contributed by atoms with Gasteiger partial charge in [-0.15, -0.1) is 10.2 Å². The monoisotopic (exact) mass is 353 g/mol. The first kappa shape index (κ1) is 18.0. The number of likely N-dealkylation sites (N-methyl/N-ethyl adjacent to an activating group) is 1. The van der Waals surface area contributed by atoms with Crippen molar-refractivity contribution in [2.24, 2.45) is 10.2 Å². The van der Waals surface area contributed by atoms with Gasteiger partial charge in [0, 0.05) is 31.2 Å². The molecule has 9 nitrogen and oxygen atoms in total. The van der Waals surface area contributed by atoms with E-state index in [-0.39, 0.29) is 6.61 Å². The minimum Gasteiger partial charge on any atom is -0.369 e. The summed E-state index contributed by atoms with van der Waals surface area (Å²) in [6.45, 7) is 4.69. The summed E-state index contributed by atoms with van der Waals surface area (Å²) in [6, 6.07) is 5.61. The quantitative estimate of drug-likeness (QED) is 0.556. The van der Waals surface area contributed by atoms with E-state index in [1.54, 1.807) is 12.4 Å². The Kier molecular flexibility index (Phi) is 6.01.